The fourth-order valence-corrected chi connectivity index (χ4v) is 3.73. The molecule has 100 valence electrons. The van der Waals surface area contributed by atoms with Gasteiger partial charge in [-0.1, -0.05) is 23.5 Å². The SMILES string of the molecule is Cc1ccc2sc(Nc3ccc4c(c3)CCC4)nc2c1. The highest BCUT2D eigenvalue weighted by Crippen LogP contribution is 2.31. The van der Waals surface area contributed by atoms with Gasteiger partial charge < -0.3 is 5.32 Å². The fourth-order valence-electron chi connectivity index (χ4n) is 2.86. The molecule has 1 aliphatic rings. The topological polar surface area (TPSA) is 24.9 Å². The zero-order valence-corrected chi connectivity index (χ0v) is 12.3. The molecule has 0 saturated carbocycles. The molecule has 1 aliphatic carbocycles. The van der Waals surface area contributed by atoms with Gasteiger partial charge in [0.05, 0.1) is 10.2 Å². The minimum absolute atomic E-state index is 0.976. The second kappa shape index (κ2) is 4.60. The lowest BCUT2D eigenvalue weighted by Gasteiger charge is -2.05. The molecule has 2 nitrogen and oxygen atoms in total. The maximum absolute atomic E-state index is 4.67. The summed E-state index contributed by atoms with van der Waals surface area (Å²) in [4.78, 5) is 4.67. The van der Waals surface area contributed by atoms with Gasteiger partial charge in [0.15, 0.2) is 5.13 Å². The van der Waals surface area contributed by atoms with Crippen LogP contribution in [0.2, 0.25) is 0 Å². The van der Waals surface area contributed by atoms with Crippen LogP contribution in [0.25, 0.3) is 10.2 Å². The Kier molecular flexibility index (Phi) is 2.74. The standard InChI is InChI=1S/C17H16N2S/c1-11-5-8-16-15(9-11)19-17(20-16)18-14-7-6-12-3-2-4-13(12)10-14/h5-10H,2-4H2,1H3,(H,18,19). The highest BCUT2D eigenvalue weighted by atomic mass is 32.1. The first-order valence-electron chi connectivity index (χ1n) is 7.04. The van der Waals surface area contributed by atoms with Crippen LogP contribution in [0, 0.1) is 6.92 Å². The molecule has 0 aliphatic heterocycles. The Morgan fingerprint density at radius 1 is 1.05 bits per heavy atom. The van der Waals surface area contributed by atoms with E-state index in [1.807, 2.05) is 0 Å². The first kappa shape index (κ1) is 11.9. The van der Waals surface area contributed by atoms with Crippen LogP contribution < -0.4 is 5.32 Å². The summed E-state index contributed by atoms with van der Waals surface area (Å²) < 4.78 is 1.24. The molecule has 4 rings (SSSR count). The molecule has 20 heavy (non-hydrogen) atoms. The van der Waals surface area contributed by atoms with Gasteiger partial charge in [0.2, 0.25) is 0 Å². The smallest absolute Gasteiger partial charge is 0.188 e. The van der Waals surface area contributed by atoms with E-state index >= 15 is 0 Å². The number of benzene rings is 2. The Morgan fingerprint density at radius 3 is 2.90 bits per heavy atom. The number of nitrogens with zero attached hydrogens (tertiary/aromatic N) is 1. The summed E-state index contributed by atoms with van der Waals surface area (Å²) in [5.41, 5.74) is 6.49. The van der Waals surface area contributed by atoms with Gasteiger partial charge in [-0.15, -0.1) is 0 Å². The molecular weight excluding hydrogens is 264 g/mol. The first-order chi connectivity index (χ1) is 9.78. The molecule has 0 saturated heterocycles. The lowest BCUT2D eigenvalue weighted by atomic mass is 10.1. The van der Waals surface area contributed by atoms with Crippen molar-refractivity contribution in [1.82, 2.24) is 4.98 Å². The number of nitrogens with one attached hydrogen (secondary N) is 1. The summed E-state index contributed by atoms with van der Waals surface area (Å²) in [6, 6.07) is 13.1. The van der Waals surface area contributed by atoms with Crippen LogP contribution in [0.3, 0.4) is 0 Å². The Labute approximate surface area is 122 Å². The molecule has 2 aromatic carbocycles. The Bertz CT molecular complexity index is 789. The summed E-state index contributed by atoms with van der Waals surface area (Å²) in [5.74, 6) is 0. The molecule has 0 radical (unpaired) electrons. The van der Waals surface area contributed by atoms with E-state index in [4.69, 9.17) is 0 Å². The molecule has 1 aromatic heterocycles. The Balaban J connectivity index is 1.66. The summed E-state index contributed by atoms with van der Waals surface area (Å²) in [5, 5.41) is 4.43. The van der Waals surface area contributed by atoms with E-state index in [0.29, 0.717) is 0 Å². The lowest BCUT2D eigenvalue weighted by Crippen LogP contribution is -1.91. The Morgan fingerprint density at radius 2 is 1.95 bits per heavy atom. The molecule has 0 fully saturated rings. The third-order valence-corrected chi connectivity index (χ3v) is 4.84. The fraction of sp³-hybridized carbons (Fsp3) is 0.235. The number of aryl methyl sites for hydroxylation is 3. The van der Waals surface area contributed by atoms with Crippen molar-refractivity contribution < 1.29 is 0 Å². The van der Waals surface area contributed by atoms with Gasteiger partial charge in [0.25, 0.3) is 0 Å². The van der Waals surface area contributed by atoms with E-state index in [2.05, 4.69) is 53.6 Å². The summed E-state index contributed by atoms with van der Waals surface area (Å²) in [6.07, 6.45) is 3.74. The van der Waals surface area contributed by atoms with E-state index in [9.17, 15) is 0 Å². The zero-order chi connectivity index (χ0) is 13.5. The number of hydrogen-bond acceptors (Lipinski definition) is 3. The van der Waals surface area contributed by atoms with Crippen LogP contribution in [-0.2, 0) is 12.8 Å². The second-order valence-corrected chi connectivity index (χ2v) is 6.48. The summed E-state index contributed by atoms with van der Waals surface area (Å²) >= 11 is 1.71. The molecule has 0 amide bonds. The number of aromatic nitrogens is 1. The average molecular weight is 280 g/mol. The molecule has 0 spiro atoms. The van der Waals surface area contributed by atoms with Gasteiger partial charge >= 0.3 is 0 Å². The number of fused-ring (bicyclic) bond motifs is 2. The van der Waals surface area contributed by atoms with E-state index in [-0.39, 0.29) is 0 Å². The number of rotatable bonds is 2. The molecule has 1 heterocycles. The van der Waals surface area contributed by atoms with Crippen LogP contribution in [0.1, 0.15) is 23.1 Å². The maximum Gasteiger partial charge on any atom is 0.188 e. The predicted molar refractivity (Wildman–Crippen MR) is 86.1 cm³/mol. The molecule has 3 heteroatoms. The molecule has 0 atom stereocenters. The molecule has 0 unspecified atom stereocenters. The number of thiazole rings is 1. The van der Waals surface area contributed by atoms with Crippen molar-refractivity contribution in [2.75, 3.05) is 5.32 Å². The van der Waals surface area contributed by atoms with Crippen molar-refractivity contribution >= 4 is 32.4 Å². The Hall–Kier alpha value is -1.87. The predicted octanol–water partition coefficient (Wildman–Crippen LogP) is 4.84. The van der Waals surface area contributed by atoms with Gasteiger partial charge in [-0.05, 0) is 67.1 Å². The highest BCUT2D eigenvalue weighted by Gasteiger charge is 2.11. The van der Waals surface area contributed by atoms with E-state index in [1.54, 1.807) is 11.3 Å². The largest absolute Gasteiger partial charge is 0.332 e. The minimum Gasteiger partial charge on any atom is -0.332 e. The van der Waals surface area contributed by atoms with Gasteiger partial charge in [-0.2, -0.15) is 0 Å². The van der Waals surface area contributed by atoms with Gasteiger partial charge in [-0.3, -0.25) is 0 Å². The van der Waals surface area contributed by atoms with Crippen LogP contribution in [-0.4, -0.2) is 4.98 Å². The normalized spacial score (nSPS) is 13.7. The van der Waals surface area contributed by atoms with Crippen molar-refractivity contribution in [3.05, 3.63) is 53.1 Å². The quantitative estimate of drug-likeness (QED) is 0.726. The monoisotopic (exact) mass is 280 g/mol. The van der Waals surface area contributed by atoms with Crippen molar-refractivity contribution in [3.8, 4) is 0 Å². The van der Waals surface area contributed by atoms with Crippen molar-refractivity contribution in [1.29, 1.82) is 0 Å². The van der Waals surface area contributed by atoms with Crippen LogP contribution in [0.5, 0.6) is 0 Å². The van der Waals surface area contributed by atoms with Crippen LogP contribution in [0.4, 0.5) is 10.8 Å². The van der Waals surface area contributed by atoms with Crippen molar-refractivity contribution in [2.24, 2.45) is 0 Å². The summed E-state index contributed by atoms with van der Waals surface area (Å²) in [7, 11) is 0. The molecule has 3 aromatic rings. The minimum atomic E-state index is 0.976. The third-order valence-electron chi connectivity index (χ3n) is 3.89. The van der Waals surface area contributed by atoms with Crippen molar-refractivity contribution in [2.45, 2.75) is 26.2 Å². The lowest BCUT2D eigenvalue weighted by molar-refractivity contribution is 0.912. The van der Waals surface area contributed by atoms with Crippen molar-refractivity contribution in [3.63, 3.8) is 0 Å². The first-order valence-corrected chi connectivity index (χ1v) is 7.86. The molecular formula is C17H16N2S. The van der Waals surface area contributed by atoms with E-state index < -0.39 is 0 Å². The summed E-state index contributed by atoms with van der Waals surface area (Å²) in [6.45, 7) is 2.10. The average Bonchev–Trinajstić information content (AvgIpc) is 3.03. The highest BCUT2D eigenvalue weighted by molar-refractivity contribution is 7.22. The number of anilines is 2. The van der Waals surface area contributed by atoms with E-state index in [1.165, 1.54) is 40.7 Å². The third kappa shape index (κ3) is 2.08. The van der Waals surface area contributed by atoms with Crippen LogP contribution >= 0.6 is 11.3 Å². The molecule has 0 bridgehead atoms. The van der Waals surface area contributed by atoms with E-state index in [0.717, 1.165) is 16.3 Å². The van der Waals surface area contributed by atoms with Crippen LogP contribution in [0.15, 0.2) is 36.4 Å². The maximum atomic E-state index is 4.67. The molecule has 1 N–H and O–H groups in total. The second-order valence-electron chi connectivity index (χ2n) is 5.45. The van der Waals surface area contributed by atoms with Gasteiger partial charge in [0, 0.05) is 5.69 Å². The van der Waals surface area contributed by atoms with Gasteiger partial charge in [-0.25, -0.2) is 4.98 Å². The number of hydrogen-bond donors (Lipinski definition) is 1. The zero-order valence-electron chi connectivity index (χ0n) is 11.4. The van der Waals surface area contributed by atoms with Gasteiger partial charge in [0.1, 0.15) is 0 Å².